The first kappa shape index (κ1) is 17.2. The number of rotatable bonds is 4. The maximum Gasteiger partial charge on any atom is 0.351 e. The second-order valence-corrected chi connectivity index (χ2v) is 7.57. The highest BCUT2D eigenvalue weighted by atomic mass is 35.5. The number of carbonyl (C=O) groups is 1. The van der Waals surface area contributed by atoms with Crippen LogP contribution in [0.2, 0.25) is 10.2 Å². The molecule has 0 bridgehead atoms. The Morgan fingerprint density at radius 2 is 1.96 bits per heavy atom. The van der Waals surface area contributed by atoms with Crippen molar-refractivity contribution < 1.29 is 9.53 Å². The molecule has 0 spiro atoms. The van der Waals surface area contributed by atoms with Crippen molar-refractivity contribution in [3.8, 4) is 11.4 Å². The summed E-state index contributed by atoms with van der Waals surface area (Å²) in [6.07, 6.45) is 0. The van der Waals surface area contributed by atoms with E-state index in [1.54, 1.807) is 12.1 Å². The second-order valence-electron chi connectivity index (χ2n) is 4.57. The standard InChI is InChI=1S/C14H10Cl2N4O2S2/c1-20-11(7-3-5-8(15)6-4-7)18-19-13(20)24-14-17-10(16)9(23-14)12(21)22-2/h3-6H,1-2H3. The van der Waals surface area contributed by atoms with Crippen LogP contribution in [0.4, 0.5) is 0 Å². The molecule has 0 N–H and O–H groups in total. The van der Waals surface area contributed by atoms with Crippen LogP contribution in [0.3, 0.4) is 0 Å². The van der Waals surface area contributed by atoms with Crippen molar-refractivity contribution in [2.24, 2.45) is 7.05 Å². The fourth-order valence-electron chi connectivity index (χ4n) is 1.88. The normalized spacial score (nSPS) is 10.8. The van der Waals surface area contributed by atoms with Gasteiger partial charge < -0.3 is 9.30 Å². The van der Waals surface area contributed by atoms with Gasteiger partial charge in [0.25, 0.3) is 0 Å². The van der Waals surface area contributed by atoms with Crippen molar-refractivity contribution in [2.75, 3.05) is 7.11 Å². The van der Waals surface area contributed by atoms with Crippen molar-refractivity contribution in [3.05, 3.63) is 39.3 Å². The van der Waals surface area contributed by atoms with Crippen LogP contribution < -0.4 is 0 Å². The molecule has 24 heavy (non-hydrogen) atoms. The van der Waals surface area contributed by atoms with E-state index in [0.717, 1.165) is 16.9 Å². The van der Waals surface area contributed by atoms with Crippen molar-refractivity contribution in [1.82, 2.24) is 19.7 Å². The molecule has 0 saturated heterocycles. The number of benzene rings is 1. The summed E-state index contributed by atoms with van der Waals surface area (Å²) in [4.78, 5) is 16.0. The monoisotopic (exact) mass is 400 g/mol. The SMILES string of the molecule is COC(=O)c1sc(Sc2nnc(-c3ccc(Cl)cc3)n2C)nc1Cl. The maximum atomic E-state index is 11.6. The minimum atomic E-state index is -0.510. The molecule has 0 fully saturated rings. The number of carbonyl (C=O) groups excluding carboxylic acids is 1. The molecule has 0 unspecified atom stereocenters. The van der Waals surface area contributed by atoms with Gasteiger partial charge in [-0.25, -0.2) is 9.78 Å². The molecule has 0 aliphatic carbocycles. The Labute approximate surface area is 155 Å². The van der Waals surface area contributed by atoms with Crippen LogP contribution in [0.5, 0.6) is 0 Å². The lowest BCUT2D eigenvalue weighted by molar-refractivity contribution is 0.0606. The quantitative estimate of drug-likeness (QED) is 0.611. The van der Waals surface area contributed by atoms with Gasteiger partial charge in [0.05, 0.1) is 7.11 Å². The number of methoxy groups -OCH3 is 1. The summed E-state index contributed by atoms with van der Waals surface area (Å²) in [6.45, 7) is 0. The summed E-state index contributed by atoms with van der Waals surface area (Å²) >= 11 is 14.3. The predicted molar refractivity (Wildman–Crippen MR) is 94.0 cm³/mol. The highest BCUT2D eigenvalue weighted by molar-refractivity contribution is 8.00. The molecule has 0 radical (unpaired) electrons. The van der Waals surface area contributed by atoms with E-state index in [0.29, 0.717) is 20.3 Å². The Bertz CT molecular complexity index is 893. The third-order valence-corrected chi connectivity index (χ3v) is 5.82. The van der Waals surface area contributed by atoms with E-state index in [2.05, 4.69) is 19.9 Å². The van der Waals surface area contributed by atoms with Crippen LogP contribution >= 0.6 is 46.3 Å². The van der Waals surface area contributed by atoms with Gasteiger partial charge in [-0.2, -0.15) is 0 Å². The van der Waals surface area contributed by atoms with Gasteiger partial charge in [0.15, 0.2) is 25.4 Å². The van der Waals surface area contributed by atoms with E-state index >= 15 is 0 Å². The third-order valence-electron chi connectivity index (χ3n) is 3.05. The average molecular weight is 401 g/mol. The number of ether oxygens (including phenoxy) is 1. The molecule has 124 valence electrons. The van der Waals surface area contributed by atoms with Gasteiger partial charge >= 0.3 is 5.97 Å². The van der Waals surface area contributed by atoms with Gasteiger partial charge in [0.2, 0.25) is 0 Å². The summed E-state index contributed by atoms with van der Waals surface area (Å²) in [5, 5.41) is 9.76. The highest BCUT2D eigenvalue weighted by Crippen LogP contribution is 2.35. The van der Waals surface area contributed by atoms with E-state index in [9.17, 15) is 4.79 Å². The van der Waals surface area contributed by atoms with E-state index in [1.165, 1.54) is 18.9 Å². The Balaban J connectivity index is 1.87. The average Bonchev–Trinajstić information content (AvgIpc) is 3.11. The first-order chi connectivity index (χ1) is 11.5. The Morgan fingerprint density at radius 1 is 1.25 bits per heavy atom. The fraction of sp³-hybridized carbons (Fsp3) is 0.143. The minimum Gasteiger partial charge on any atom is -0.465 e. The molecule has 6 nitrogen and oxygen atoms in total. The highest BCUT2D eigenvalue weighted by Gasteiger charge is 2.20. The smallest absolute Gasteiger partial charge is 0.351 e. The van der Waals surface area contributed by atoms with Crippen LogP contribution in [0.25, 0.3) is 11.4 Å². The Morgan fingerprint density at radius 3 is 2.62 bits per heavy atom. The zero-order valence-corrected chi connectivity index (χ0v) is 15.6. The number of esters is 1. The van der Waals surface area contributed by atoms with Gasteiger partial charge in [-0.15, -0.1) is 10.2 Å². The van der Waals surface area contributed by atoms with Gasteiger partial charge in [-0.3, -0.25) is 0 Å². The Kier molecular flexibility index (Phi) is 5.09. The summed E-state index contributed by atoms with van der Waals surface area (Å²) in [6, 6.07) is 7.33. The zero-order chi connectivity index (χ0) is 17.3. The van der Waals surface area contributed by atoms with E-state index in [-0.39, 0.29) is 10.0 Å². The molecule has 2 heterocycles. The Hall–Kier alpha value is -1.61. The molecule has 0 aliphatic heterocycles. The van der Waals surface area contributed by atoms with Crippen LogP contribution in [0, 0.1) is 0 Å². The maximum absolute atomic E-state index is 11.6. The van der Waals surface area contributed by atoms with Gasteiger partial charge in [-0.05, 0) is 36.0 Å². The number of halogens is 2. The van der Waals surface area contributed by atoms with Crippen molar-refractivity contribution >= 4 is 52.3 Å². The molecule has 0 amide bonds. The van der Waals surface area contributed by atoms with Gasteiger partial charge in [0, 0.05) is 17.6 Å². The molecular weight excluding hydrogens is 391 g/mol. The van der Waals surface area contributed by atoms with Crippen LogP contribution in [-0.2, 0) is 11.8 Å². The lowest BCUT2D eigenvalue weighted by Crippen LogP contribution is -1.98. The van der Waals surface area contributed by atoms with Crippen molar-refractivity contribution in [1.29, 1.82) is 0 Å². The molecular formula is C14H10Cl2N4O2S2. The molecule has 3 rings (SSSR count). The van der Waals surface area contributed by atoms with Crippen LogP contribution in [0.1, 0.15) is 9.67 Å². The number of nitrogens with zero attached hydrogens (tertiary/aromatic N) is 4. The first-order valence-corrected chi connectivity index (χ1v) is 8.96. The van der Waals surface area contributed by atoms with Crippen molar-refractivity contribution in [3.63, 3.8) is 0 Å². The number of hydrogen-bond acceptors (Lipinski definition) is 7. The summed E-state index contributed by atoms with van der Waals surface area (Å²) in [5.74, 6) is 0.189. The van der Waals surface area contributed by atoms with E-state index < -0.39 is 5.97 Å². The lowest BCUT2D eigenvalue weighted by atomic mass is 10.2. The number of thiazole rings is 1. The topological polar surface area (TPSA) is 69.9 Å². The summed E-state index contributed by atoms with van der Waals surface area (Å²) in [5.41, 5.74) is 0.897. The lowest BCUT2D eigenvalue weighted by Gasteiger charge is -2.02. The number of hydrogen-bond donors (Lipinski definition) is 0. The van der Waals surface area contributed by atoms with E-state index in [4.69, 9.17) is 23.2 Å². The molecule has 2 aromatic heterocycles. The zero-order valence-electron chi connectivity index (χ0n) is 12.5. The molecule has 0 atom stereocenters. The molecule has 1 aromatic carbocycles. The van der Waals surface area contributed by atoms with Crippen LogP contribution in [0.15, 0.2) is 33.8 Å². The summed E-state index contributed by atoms with van der Waals surface area (Å²) < 4.78 is 7.09. The minimum absolute atomic E-state index is 0.120. The second kappa shape index (κ2) is 7.10. The third kappa shape index (κ3) is 3.41. The molecule has 0 saturated carbocycles. The molecule has 3 aromatic rings. The molecule has 0 aliphatic rings. The molecule has 10 heteroatoms. The summed E-state index contributed by atoms with van der Waals surface area (Å²) in [7, 11) is 3.15. The number of aromatic nitrogens is 4. The largest absolute Gasteiger partial charge is 0.465 e. The van der Waals surface area contributed by atoms with Gasteiger partial charge in [-0.1, -0.05) is 34.5 Å². The fourth-order valence-corrected chi connectivity index (χ4v) is 4.23. The van der Waals surface area contributed by atoms with Gasteiger partial charge in [0.1, 0.15) is 0 Å². The first-order valence-electron chi connectivity index (χ1n) is 6.57. The van der Waals surface area contributed by atoms with Crippen molar-refractivity contribution in [2.45, 2.75) is 9.50 Å². The predicted octanol–water partition coefficient (Wildman–Crippen LogP) is 4.18. The van der Waals surface area contributed by atoms with E-state index in [1.807, 2.05) is 23.7 Å². The van der Waals surface area contributed by atoms with Crippen LogP contribution in [-0.4, -0.2) is 32.8 Å².